The second kappa shape index (κ2) is 30.6. The fourth-order valence-electron chi connectivity index (χ4n) is 13.3. The van der Waals surface area contributed by atoms with Crippen molar-refractivity contribution in [3.8, 4) is 89.0 Å². The summed E-state index contributed by atoms with van der Waals surface area (Å²) in [6.07, 6.45) is 0. The molecule has 0 radical (unpaired) electrons. The molecule has 0 fully saturated rings. The smallest absolute Gasteiger partial charge is 0.0462 e. The zero-order valence-corrected chi connectivity index (χ0v) is 57.2. The molecule has 0 aliphatic heterocycles. The molecule has 0 bridgehead atoms. The predicted molar refractivity (Wildman–Crippen MR) is 435 cm³/mol. The van der Waals surface area contributed by atoms with E-state index < -0.39 is 0 Å². The summed E-state index contributed by atoms with van der Waals surface area (Å²) in [5.74, 6) is 0. The van der Waals surface area contributed by atoms with Gasteiger partial charge in [-0.15, -0.1) is 0 Å². The van der Waals surface area contributed by atoms with E-state index in [0.29, 0.717) is 0 Å². The highest BCUT2D eigenvalue weighted by Crippen LogP contribution is 2.41. The Bertz CT molecular complexity index is 5130. The van der Waals surface area contributed by atoms with Gasteiger partial charge in [-0.05, 0) is 210 Å². The third kappa shape index (κ3) is 14.9. The third-order valence-electron chi connectivity index (χ3n) is 19.1. The van der Waals surface area contributed by atoms with Crippen molar-refractivity contribution in [1.29, 1.82) is 0 Å². The van der Waals surface area contributed by atoms with Crippen LogP contribution in [0.5, 0.6) is 0 Å². The molecule has 0 saturated carbocycles. The number of benzene rings is 16. The van der Waals surface area contributed by atoms with Gasteiger partial charge in [-0.25, -0.2) is 0 Å². The highest BCUT2D eigenvalue weighted by molar-refractivity contribution is 5.85. The molecular weight excluding hydrogens is 1230 g/mol. The van der Waals surface area contributed by atoms with Crippen LogP contribution < -0.4 is 19.6 Å². The molecule has 0 heterocycles. The molecule has 0 saturated heterocycles. The molecule has 0 aromatic heterocycles. The van der Waals surface area contributed by atoms with Gasteiger partial charge in [-0.1, -0.05) is 303 Å². The monoisotopic (exact) mass is 1310 g/mol. The Labute approximate surface area is 600 Å². The molecule has 0 unspecified atom stereocenters. The van der Waals surface area contributed by atoms with Crippen LogP contribution in [-0.4, -0.2) is 14.1 Å². The van der Waals surface area contributed by atoms with Gasteiger partial charge < -0.3 is 19.6 Å². The second-order valence-corrected chi connectivity index (χ2v) is 25.5. The van der Waals surface area contributed by atoms with E-state index in [2.05, 4.69) is 458 Å². The summed E-state index contributed by atoms with van der Waals surface area (Å²) >= 11 is 0. The first-order valence-corrected chi connectivity index (χ1v) is 34.8. The van der Waals surface area contributed by atoms with E-state index in [0.717, 1.165) is 56.9 Å². The summed E-state index contributed by atoms with van der Waals surface area (Å²) in [5, 5.41) is 0. The Hall–Kier alpha value is -13.3. The lowest BCUT2D eigenvalue weighted by molar-refractivity contribution is 1.21. The fourth-order valence-corrected chi connectivity index (χ4v) is 13.3. The SMILES string of the molecule is CN(c1ccc(-c2ccc(N(c3ccc(-c4ccccc4)cc3)c3ccc(-c4ccccc4)cc3)cc2)cc1)c1cccc(-c2ccccc2)c1.CN(c1ccc(-c2ccccc2)cc1)c1ccc(-c2ccc(N(c3ccc(-c4ccccc4)cc3)c3ccc(-c4ccccc4)cc3)cc2)cc1. The van der Waals surface area contributed by atoms with Crippen molar-refractivity contribution in [2.24, 2.45) is 0 Å². The molecule has 0 spiro atoms. The van der Waals surface area contributed by atoms with Crippen LogP contribution >= 0.6 is 0 Å². The van der Waals surface area contributed by atoms with Crippen LogP contribution in [0, 0.1) is 0 Å². The Morgan fingerprint density at radius 3 is 0.461 bits per heavy atom. The van der Waals surface area contributed by atoms with Crippen LogP contribution in [0.1, 0.15) is 0 Å². The number of anilines is 10. The molecule has 0 atom stereocenters. The zero-order valence-electron chi connectivity index (χ0n) is 57.2. The van der Waals surface area contributed by atoms with Gasteiger partial charge in [0, 0.05) is 71.0 Å². The lowest BCUT2D eigenvalue weighted by Gasteiger charge is -2.26. The van der Waals surface area contributed by atoms with Crippen molar-refractivity contribution in [2.75, 3.05) is 33.7 Å². The van der Waals surface area contributed by atoms with Crippen molar-refractivity contribution in [1.82, 2.24) is 0 Å². The summed E-state index contributed by atoms with van der Waals surface area (Å²) in [7, 11) is 4.25. The minimum Gasteiger partial charge on any atom is -0.345 e. The average Bonchev–Trinajstić information content (AvgIpc) is 0.807. The molecule has 0 amide bonds. The molecule has 16 aromatic carbocycles. The van der Waals surface area contributed by atoms with Crippen LogP contribution in [-0.2, 0) is 0 Å². The van der Waals surface area contributed by atoms with Crippen molar-refractivity contribution in [2.45, 2.75) is 0 Å². The maximum atomic E-state index is 2.33. The zero-order chi connectivity index (χ0) is 68.8. The van der Waals surface area contributed by atoms with Crippen LogP contribution in [0.4, 0.5) is 56.9 Å². The minimum atomic E-state index is 1.10. The van der Waals surface area contributed by atoms with Gasteiger partial charge in [0.25, 0.3) is 0 Å². The highest BCUT2D eigenvalue weighted by atomic mass is 15.1. The van der Waals surface area contributed by atoms with E-state index in [1.807, 2.05) is 0 Å². The van der Waals surface area contributed by atoms with E-state index in [9.17, 15) is 0 Å². The molecule has 0 aliphatic carbocycles. The topological polar surface area (TPSA) is 13.0 Å². The second-order valence-electron chi connectivity index (χ2n) is 25.5. The van der Waals surface area contributed by atoms with Crippen molar-refractivity contribution in [3.05, 3.63) is 425 Å². The summed E-state index contributed by atoms with van der Waals surface area (Å²) < 4.78 is 0. The summed E-state index contributed by atoms with van der Waals surface area (Å²) in [6.45, 7) is 0. The number of rotatable bonds is 18. The van der Waals surface area contributed by atoms with Gasteiger partial charge in [0.2, 0.25) is 0 Å². The third-order valence-corrected chi connectivity index (χ3v) is 19.1. The van der Waals surface area contributed by atoms with Crippen LogP contribution in [0.15, 0.2) is 425 Å². The van der Waals surface area contributed by atoms with E-state index in [4.69, 9.17) is 0 Å². The Balaban J connectivity index is 0.000000165. The molecule has 102 heavy (non-hydrogen) atoms. The van der Waals surface area contributed by atoms with E-state index in [-0.39, 0.29) is 0 Å². The molecule has 16 aromatic rings. The van der Waals surface area contributed by atoms with Gasteiger partial charge in [-0.2, -0.15) is 0 Å². The standard InChI is InChI=1S/2C49H38N2/c1-50(49-19-11-18-44(36-49)39-16-9-4-10-17-39)45-28-20-42(21-29-45)43-26-34-48(35-27-43)51(46-30-22-40(23-31-46)37-12-5-2-6-13-37)47-32-24-41(25-33-47)38-14-7-3-8-15-38;1-50(45-27-17-40(18-28-45)37-11-5-2-6-12-37)46-29-19-43(20-30-46)44-25-35-49(36-26-44)51(47-31-21-41(22-32-47)38-13-7-3-8-14-38)48-33-23-42(24-34-48)39-15-9-4-10-16-39/h2*2-36H,1H3. The molecule has 0 N–H and O–H groups in total. The molecular formula is C98H76N4. The first kappa shape index (κ1) is 64.7. The highest BCUT2D eigenvalue weighted by Gasteiger charge is 2.18. The summed E-state index contributed by atoms with van der Waals surface area (Å²) in [4.78, 5) is 9.12. The quantitative estimate of drug-likeness (QED) is 0.0849. The predicted octanol–water partition coefficient (Wildman–Crippen LogP) is 27.2. The lowest BCUT2D eigenvalue weighted by Crippen LogP contribution is -2.10. The summed E-state index contributed by atoms with van der Waals surface area (Å²) in [5.41, 5.74) is 30.5. The maximum absolute atomic E-state index is 2.33. The van der Waals surface area contributed by atoms with Crippen LogP contribution in [0.25, 0.3) is 89.0 Å². The van der Waals surface area contributed by atoms with Crippen LogP contribution in [0.3, 0.4) is 0 Å². The number of nitrogens with zero attached hydrogens (tertiary/aromatic N) is 4. The molecule has 488 valence electrons. The minimum absolute atomic E-state index is 1.10. The first-order chi connectivity index (χ1) is 50.4. The molecule has 0 aliphatic rings. The Morgan fingerprint density at radius 2 is 0.265 bits per heavy atom. The number of hydrogen-bond donors (Lipinski definition) is 0. The first-order valence-electron chi connectivity index (χ1n) is 34.8. The maximum Gasteiger partial charge on any atom is 0.0462 e. The van der Waals surface area contributed by atoms with E-state index >= 15 is 0 Å². The Morgan fingerprint density at radius 1 is 0.118 bits per heavy atom. The average molecular weight is 1310 g/mol. The molecule has 4 nitrogen and oxygen atoms in total. The van der Waals surface area contributed by atoms with Crippen LogP contribution in [0.2, 0.25) is 0 Å². The van der Waals surface area contributed by atoms with Gasteiger partial charge >= 0.3 is 0 Å². The normalized spacial score (nSPS) is 10.8. The van der Waals surface area contributed by atoms with Crippen molar-refractivity contribution >= 4 is 56.9 Å². The van der Waals surface area contributed by atoms with Crippen molar-refractivity contribution < 1.29 is 0 Å². The van der Waals surface area contributed by atoms with E-state index in [1.54, 1.807) is 0 Å². The fraction of sp³-hybridized carbons (Fsp3) is 0.0204. The van der Waals surface area contributed by atoms with Gasteiger partial charge in [-0.3, -0.25) is 0 Å². The molecule has 4 heteroatoms. The lowest BCUT2D eigenvalue weighted by atomic mass is 10.0. The largest absolute Gasteiger partial charge is 0.345 e. The van der Waals surface area contributed by atoms with E-state index in [1.165, 1.54) is 89.0 Å². The van der Waals surface area contributed by atoms with Gasteiger partial charge in [0.15, 0.2) is 0 Å². The van der Waals surface area contributed by atoms with Gasteiger partial charge in [0.1, 0.15) is 0 Å². The van der Waals surface area contributed by atoms with Crippen molar-refractivity contribution in [3.63, 3.8) is 0 Å². The van der Waals surface area contributed by atoms with Gasteiger partial charge in [0.05, 0.1) is 0 Å². The summed E-state index contributed by atoms with van der Waals surface area (Å²) in [6, 6.07) is 151. The molecule has 16 rings (SSSR count). The Kier molecular flexibility index (Phi) is 19.4. The number of hydrogen-bond acceptors (Lipinski definition) is 4.